The van der Waals surface area contributed by atoms with E-state index >= 15 is 0 Å². The Labute approximate surface area is 188 Å². The van der Waals surface area contributed by atoms with Gasteiger partial charge in [-0.15, -0.1) is 0 Å². The molecule has 1 N–H and O–H groups in total. The molecule has 3 aromatic rings. The second-order valence-corrected chi connectivity index (χ2v) is 10.5. The van der Waals surface area contributed by atoms with Crippen LogP contribution in [0.15, 0.2) is 41.6 Å². The number of rotatable bonds is 5. The number of carbonyl (C=O) groups is 1. The van der Waals surface area contributed by atoms with Crippen LogP contribution >= 0.6 is 0 Å². The molecule has 0 saturated heterocycles. The van der Waals surface area contributed by atoms with Gasteiger partial charge in [0.15, 0.2) is 5.03 Å². The molecule has 1 aromatic carbocycles. The first-order valence-corrected chi connectivity index (χ1v) is 11.6. The number of carbonyl (C=O) groups excluding carboxylic acids is 1. The number of pyridine rings is 1. The second kappa shape index (κ2) is 8.38. The Morgan fingerprint density at radius 1 is 1.06 bits per heavy atom. The van der Waals surface area contributed by atoms with Gasteiger partial charge in [-0.25, -0.2) is 9.71 Å². The molecule has 32 heavy (non-hydrogen) atoms. The van der Waals surface area contributed by atoms with Crippen LogP contribution in [0.4, 0.5) is 0 Å². The van der Waals surface area contributed by atoms with Crippen molar-refractivity contribution in [3.05, 3.63) is 64.5 Å². The van der Waals surface area contributed by atoms with Crippen LogP contribution in [0.25, 0.3) is 0 Å². The summed E-state index contributed by atoms with van der Waals surface area (Å²) >= 11 is 0. The Bertz CT molecular complexity index is 1260. The van der Waals surface area contributed by atoms with Gasteiger partial charge in [0.2, 0.25) is 5.88 Å². The van der Waals surface area contributed by atoms with E-state index in [1.54, 1.807) is 6.07 Å². The number of aryl methyl sites for hydroxylation is 4. The second-order valence-electron chi connectivity index (χ2n) is 8.86. The van der Waals surface area contributed by atoms with Crippen molar-refractivity contribution in [1.29, 1.82) is 0 Å². The molecule has 0 unspecified atom stereocenters. The molecular formula is C23H28N4O4S. The van der Waals surface area contributed by atoms with Crippen LogP contribution in [0.1, 0.15) is 53.5 Å². The third-order valence-electron chi connectivity index (χ3n) is 4.96. The monoisotopic (exact) mass is 456 g/mol. The molecule has 2 aromatic heterocycles. The van der Waals surface area contributed by atoms with Crippen molar-refractivity contribution >= 4 is 15.9 Å². The number of hydrogen-bond acceptors (Lipinski definition) is 6. The minimum Gasteiger partial charge on any atom is -0.438 e. The summed E-state index contributed by atoms with van der Waals surface area (Å²) in [6, 6.07) is 8.50. The van der Waals surface area contributed by atoms with Gasteiger partial charge in [0, 0.05) is 18.2 Å². The maximum Gasteiger partial charge on any atom is 0.281 e. The van der Waals surface area contributed by atoms with Gasteiger partial charge >= 0.3 is 0 Å². The van der Waals surface area contributed by atoms with Crippen LogP contribution < -0.4 is 9.46 Å². The smallest absolute Gasteiger partial charge is 0.281 e. The summed E-state index contributed by atoms with van der Waals surface area (Å²) < 4.78 is 34.8. The van der Waals surface area contributed by atoms with Crippen molar-refractivity contribution < 1.29 is 17.9 Å². The van der Waals surface area contributed by atoms with Gasteiger partial charge in [-0.1, -0.05) is 38.5 Å². The summed E-state index contributed by atoms with van der Waals surface area (Å²) in [5.74, 6) is -0.209. The maximum atomic E-state index is 13.0. The van der Waals surface area contributed by atoms with Crippen molar-refractivity contribution in [3.8, 4) is 11.6 Å². The van der Waals surface area contributed by atoms with Gasteiger partial charge in [0.25, 0.3) is 15.9 Å². The van der Waals surface area contributed by atoms with E-state index < -0.39 is 15.9 Å². The summed E-state index contributed by atoms with van der Waals surface area (Å²) in [7, 11) is -2.65. The lowest BCUT2D eigenvalue weighted by Gasteiger charge is -2.21. The summed E-state index contributed by atoms with van der Waals surface area (Å²) in [6.45, 7) is 11.8. The van der Waals surface area contributed by atoms with Gasteiger partial charge < -0.3 is 4.74 Å². The Kier molecular flexibility index (Phi) is 6.15. The van der Waals surface area contributed by atoms with Crippen LogP contribution in [-0.2, 0) is 22.5 Å². The fourth-order valence-electron chi connectivity index (χ4n) is 3.39. The van der Waals surface area contributed by atoms with Crippen molar-refractivity contribution in [3.63, 3.8) is 0 Å². The predicted molar refractivity (Wildman–Crippen MR) is 122 cm³/mol. The van der Waals surface area contributed by atoms with E-state index in [1.807, 2.05) is 53.7 Å². The predicted octanol–water partition coefficient (Wildman–Crippen LogP) is 3.95. The zero-order valence-electron chi connectivity index (χ0n) is 19.3. The molecule has 170 valence electrons. The SMILES string of the molecule is Cc1cc(C)c(Oc2nc(C(C)(C)C)ccc2C(=O)NS(=O)(=O)c2ccnn2C)c(C)c1. The number of hydrogen-bond donors (Lipinski definition) is 1. The first kappa shape index (κ1) is 23.5. The third-order valence-corrected chi connectivity index (χ3v) is 6.36. The lowest BCUT2D eigenvalue weighted by molar-refractivity contribution is 0.0978. The molecule has 0 fully saturated rings. The van der Waals surface area contributed by atoms with E-state index in [2.05, 4.69) is 14.8 Å². The van der Waals surface area contributed by atoms with E-state index in [0.29, 0.717) is 11.4 Å². The van der Waals surface area contributed by atoms with Gasteiger partial charge in [-0.3, -0.25) is 9.48 Å². The van der Waals surface area contributed by atoms with Crippen LogP contribution in [0.5, 0.6) is 11.6 Å². The number of nitrogens with zero attached hydrogens (tertiary/aromatic N) is 3. The highest BCUT2D eigenvalue weighted by Crippen LogP contribution is 2.33. The topological polar surface area (TPSA) is 103 Å². The van der Waals surface area contributed by atoms with E-state index in [4.69, 9.17) is 4.74 Å². The highest BCUT2D eigenvalue weighted by atomic mass is 32.2. The molecule has 0 aliphatic heterocycles. The Morgan fingerprint density at radius 2 is 1.69 bits per heavy atom. The van der Waals surface area contributed by atoms with Crippen molar-refractivity contribution in [2.24, 2.45) is 7.05 Å². The molecule has 8 nitrogen and oxygen atoms in total. The molecular weight excluding hydrogens is 428 g/mol. The number of benzene rings is 1. The first-order valence-electron chi connectivity index (χ1n) is 10.1. The van der Waals surface area contributed by atoms with Crippen LogP contribution in [0.3, 0.4) is 0 Å². The van der Waals surface area contributed by atoms with Gasteiger partial charge in [0.1, 0.15) is 11.3 Å². The van der Waals surface area contributed by atoms with E-state index in [-0.39, 0.29) is 21.9 Å². The molecule has 9 heteroatoms. The number of amides is 1. The molecule has 2 heterocycles. The Morgan fingerprint density at radius 3 is 2.22 bits per heavy atom. The fourth-order valence-corrected chi connectivity index (χ4v) is 4.48. The van der Waals surface area contributed by atoms with Gasteiger partial charge in [-0.2, -0.15) is 13.5 Å². The lowest BCUT2D eigenvalue weighted by atomic mass is 9.91. The normalized spacial score (nSPS) is 12.0. The van der Waals surface area contributed by atoms with Gasteiger partial charge in [0.05, 0.1) is 6.20 Å². The summed E-state index contributed by atoms with van der Waals surface area (Å²) in [4.78, 5) is 17.6. The minimum atomic E-state index is -4.13. The van der Waals surface area contributed by atoms with Crippen LogP contribution in [0.2, 0.25) is 0 Å². The minimum absolute atomic E-state index is 0.0168. The quantitative estimate of drug-likeness (QED) is 0.624. The number of nitrogens with one attached hydrogen (secondary N) is 1. The first-order chi connectivity index (χ1) is 14.8. The van der Waals surface area contributed by atoms with Crippen molar-refractivity contribution in [1.82, 2.24) is 19.5 Å². The van der Waals surface area contributed by atoms with Crippen molar-refractivity contribution in [2.75, 3.05) is 0 Å². The molecule has 0 saturated carbocycles. The van der Waals surface area contributed by atoms with E-state index in [9.17, 15) is 13.2 Å². The standard InChI is InChI=1S/C23H28N4O4S/c1-14-12-15(2)20(16(3)13-14)31-22-17(8-9-18(25-22)23(4,5)6)21(28)26-32(29,30)19-10-11-24-27(19)7/h8-13H,1-7H3,(H,26,28). The number of sulfonamides is 1. The average Bonchev–Trinajstić information content (AvgIpc) is 3.10. The lowest BCUT2D eigenvalue weighted by Crippen LogP contribution is -2.32. The molecule has 0 aliphatic rings. The number of aromatic nitrogens is 3. The molecule has 0 bridgehead atoms. The highest BCUT2D eigenvalue weighted by Gasteiger charge is 2.27. The maximum absolute atomic E-state index is 13.0. The van der Waals surface area contributed by atoms with Crippen LogP contribution in [-0.4, -0.2) is 29.1 Å². The molecule has 1 amide bonds. The van der Waals surface area contributed by atoms with Crippen LogP contribution in [0, 0.1) is 20.8 Å². The molecule has 0 radical (unpaired) electrons. The molecule has 0 atom stereocenters. The summed E-state index contributed by atoms with van der Waals surface area (Å²) in [5, 5.41) is 3.72. The summed E-state index contributed by atoms with van der Waals surface area (Å²) in [6.07, 6.45) is 1.34. The zero-order chi connectivity index (χ0) is 23.8. The van der Waals surface area contributed by atoms with Crippen molar-refractivity contribution in [2.45, 2.75) is 52.0 Å². The zero-order valence-corrected chi connectivity index (χ0v) is 20.2. The highest BCUT2D eigenvalue weighted by molar-refractivity contribution is 7.90. The van der Waals surface area contributed by atoms with E-state index in [0.717, 1.165) is 16.7 Å². The third kappa shape index (κ3) is 4.83. The average molecular weight is 457 g/mol. The number of ether oxygens (including phenoxy) is 1. The fraction of sp³-hybridized carbons (Fsp3) is 0.348. The molecule has 0 spiro atoms. The molecule has 0 aliphatic carbocycles. The Balaban J connectivity index is 2.06. The van der Waals surface area contributed by atoms with E-state index in [1.165, 1.54) is 30.1 Å². The molecule has 3 rings (SSSR count). The Hall–Kier alpha value is -3.20. The largest absolute Gasteiger partial charge is 0.438 e. The summed E-state index contributed by atoms with van der Waals surface area (Å²) in [5.41, 5.74) is 3.29. The van der Waals surface area contributed by atoms with Gasteiger partial charge in [-0.05, 0) is 50.1 Å².